The van der Waals surface area contributed by atoms with Gasteiger partial charge in [0.2, 0.25) is 0 Å². The van der Waals surface area contributed by atoms with Crippen LogP contribution >= 0.6 is 0 Å². The van der Waals surface area contributed by atoms with Crippen LogP contribution in [0.2, 0.25) is 0 Å². The van der Waals surface area contributed by atoms with E-state index in [0.717, 1.165) is 43.3 Å². The summed E-state index contributed by atoms with van der Waals surface area (Å²) in [5.41, 5.74) is 1.71. The number of piperidine rings is 1. The van der Waals surface area contributed by atoms with Crippen molar-refractivity contribution in [3.8, 4) is 0 Å². The van der Waals surface area contributed by atoms with Crippen LogP contribution in [0.25, 0.3) is 5.65 Å². The molecule has 1 N–H and O–H groups in total. The Morgan fingerprint density at radius 3 is 2.83 bits per heavy atom. The Balaban J connectivity index is 1.39. The van der Waals surface area contributed by atoms with Gasteiger partial charge in [-0.05, 0) is 54.5 Å². The highest BCUT2D eigenvalue weighted by Gasteiger charge is 2.20. The summed E-state index contributed by atoms with van der Waals surface area (Å²) in [6.07, 6.45) is 2.09. The van der Waals surface area contributed by atoms with Gasteiger partial charge < -0.3 is 10.2 Å². The molecule has 23 heavy (non-hydrogen) atoms. The second-order valence-corrected chi connectivity index (χ2v) is 5.79. The summed E-state index contributed by atoms with van der Waals surface area (Å²) in [7, 11) is 0. The smallest absolute Gasteiger partial charge is 0.200 e. The molecule has 3 aromatic heterocycles. The van der Waals surface area contributed by atoms with Gasteiger partial charge >= 0.3 is 0 Å². The van der Waals surface area contributed by atoms with Crippen LogP contribution < -0.4 is 10.2 Å². The third-order valence-corrected chi connectivity index (χ3v) is 4.11. The van der Waals surface area contributed by atoms with E-state index in [9.17, 15) is 0 Å². The van der Waals surface area contributed by atoms with Crippen LogP contribution in [0.5, 0.6) is 0 Å². The minimum absolute atomic E-state index is 0.400. The van der Waals surface area contributed by atoms with E-state index in [0.29, 0.717) is 11.7 Å². The normalized spacial score (nSPS) is 16.0. The molecular weight excluding hydrogens is 292 g/mol. The lowest BCUT2D eigenvalue weighted by atomic mass is 10.1. The van der Waals surface area contributed by atoms with E-state index in [4.69, 9.17) is 0 Å². The molecular formula is C15H18N8. The van der Waals surface area contributed by atoms with Crippen molar-refractivity contribution in [2.45, 2.75) is 25.8 Å². The lowest BCUT2D eigenvalue weighted by molar-refractivity contribution is 0.521. The predicted octanol–water partition coefficient (Wildman–Crippen LogP) is 1.30. The fraction of sp³-hybridized carbons (Fsp3) is 0.400. The van der Waals surface area contributed by atoms with Gasteiger partial charge in [-0.1, -0.05) is 6.07 Å². The van der Waals surface area contributed by atoms with E-state index >= 15 is 0 Å². The molecule has 0 bridgehead atoms. The van der Waals surface area contributed by atoms with Crippen molar-refractivity contribution in [1.82, 2.24) is 30.2 Å². The summed E-state index contributed by atoms with van der Waals surface area (Å²) in [5.74, 6) is 1.87. The summed E-state index contributed by atoms with van der Waals surface area (Å²) >= 11 is 0. The maximum Gasteiger partial charge on any atom is 0.200 e. The minimum Gasteiger partial charge on any atom is -0.366 e. The number of anilines is 2. The Bertz CT molecular complexity index is 806. The average Bonchev–Trinajstić information content (AvgIpc) is 3.03. The first-order chi connectivity index (χ1) is 11.3. The Kier molecular flexibility index (Phi) is 3.49. The fourth-order valence-corrected chi connectivity index (χ4v) is 2.89. The van der Waals surface area contributed by atoms with Gasteiger partial charge in [0.15, 0.2) is 5.65 Å². The molecule has 8 heteroatoms. The molecule has 1 fully saturated rings. The number of pyridine rings is 1. The Morgan fingerprint density at radius 2 is 2.00 bits per heavy atom. The third-order valence-electron chi connectivity index (χ3n) is 4.11. The van der Waals surface area contributed by atoms with Crippen molar-refractivity contribution in [3.05, 3.63) is 36.0 Å². The Hall–Kier alpha value is -2.77. The molecule has 0 spiro atoms. The maximum atomic E-state index is 4.60. The van der Waals surface area contributed by atoms with Gasteiger partial charge in [-0.15, -0.1) is 14.8 Å². The second-order valence-electron chi connectivity index (χ2n) is 5.79. The molecule has 0 aliphatic carbocycles. The Morgan fingerprint density at radius 1 is 1.13 bits per heavy atom. The molecule has 0 saturated carbocycles. The van der Waals surface area contributed by atoms with E-state index in [-0.39, 0.29) is 0 Å². The summed E-state index contributed by atoms with van der Waals surface area (Å²) in [6.45, 7) is 4.00. The summed E-state index contributed by atoms with van der Waals surface area (Å²) < 4.78 is 1.44. The van der Waals surface area contributed by atoms with Crippen molar-refractivity contribution < 1.29 is 0 Å². The van der Waals surface area contributed by atoms with Crippen molar-refractivity contribution in [2.24, 2.45) is 0 Å². The first-order valence-corrected chi connectivity index (χ1v) is 7.78. The van der Waals surface area contributed by atoms with Crippen molar-refractivity contribution in [3.63, 3.8) is 0 Å². The largest absolute Gasteiger partial charge is 0.366 e. The van der Waals surface area contributed by atoms with Crippen molar-refractivity contribution >= 4 is 17.3 Å². The van der Waals surface area contributed by atoms with Crippen LogP contribution in [0, 0.1) is 6.92 Å². The lowest BCUT2D eigenvalue weighted by Gasteiger charge is -2.33. The number of fused-ring (bicyclic) bond motifs is 1. The van der Waals surface area contributed by atoms with E-state index in [1.807, 2.05) is 25.1 Å². The van der Waals surface area contributed by atoms with Gasteiger partial charge in [-0.3, -0.25) is 0 Å². The molecule has 1 aliphatic rings. The van der Waals surface area contributed by atoms with E-state index in [1.165, 1.54) is 4.63 Å². The van der Waals surface area contributed by atoms with Crippen molar-refractivity contribution in [1.29, 1.82) is 0 Å². The Labute approximate surface area is 133 Å². The number of hydrogen-bond donors (Lipinski definition) is 1. The lowest BCUT2D eigenvalue weighted by Crippen LogP contribution is -2.39. The number of rotatable bonds is 3. The molecule has 0 radical (unpaired) electrons. The molecule has 0 aromatic carbocycles. The molecule has 8 nitrogen and oxygen atoms in total. The quantitative estimate of drug-likeness (QED) is 0.780. The molecule has 3 aromatic rings. The number of nitrogens with one attached hydrogen (secondary N) is 1. The highest BCUT2D eigenvalue weighted by Crippen LogP contribution is 2.20. The zero-order valence-electron chi connectivity index (χ0n) is 12.9. The number of aryl methyl sites for hydroxylation is 1. The zero-order valence-corrected chi connectivity index (χ0v) is 12.9. The summed E-state index contributed by atoms with van der Waals surface area (Å²) in [5, 5.41) is 19.1. The predicted molar refractivity (Wildman–Crippen MR) is 86.4 cm³/mol. The number of nitrogens with zero attached hydrogens (tertiary/aromatic N) is 7. The van der Waals surface area contributed by atoms with Crippen LogP contribution in [0.15, 0.2) is 30.3 Å². The number of tetrazole rings is 1. The summed E-state index contributed by atoms with van der Waals surface area (Å²) in [4.78, 5) is 6.94. The number of hydrogen-bond acceptors (Lipinski definition) is 7. The molecule has 4 rings (SSSR count). The fourth-order valence-electron chi connectivity index (χ4n) is 2.89. The monoisotopic (exact) mass is 310 g/mol. The highest BCUT2D eigenvalue weighted by molar-refractivity contribution is 5.44. The first kappa shape index (κ1) is 13.9. The second kappa shape index (κ2) is 5.79. The molecule has 4 heterocycles. The van der Waals surface area contributed by atoms with Gasteiger partial charge in [0.25, 0.3) is 0 Å². The van der Waals surface area contributed by atoms with Gasteiger partial charge in [0, 0.05) is 24.8 Å². The molecule has 118 valence electrons. The number of aromatic nitrogens is 6. The van der Waals surface area contributed by atoms with Gasteiger partial charge in [0.05, 0.1) is 0 Å². The zero-order chi connectivity index (χ0) is 15.6. The standard InChI is InChI=1S/C15H18N8/c1-11-3-2-4-14(16-11)22-9-7-12(8-10-22)17-13-5-6-15-18-20-21-23(15)19-13/h2-6,12H,7-10H2,1H3,(H,17,19). The van der Waals surface area contributed by atoms with Crippen LogP contribution in [-0.2, 0) is 0 Å². The van der Waals surface area contributed by atoms with E-state index < -0.39 is 0 Å². The first-order valence-electron chi connectivity index (χ1n) is 7.78. The molecule has 0 unspecified atom stereocenters. The minimum atomic E-state index is 0.400. The van der Waals surface area contributed by atoms with E-state index in [1.54, 1.807) is 0 Å². The van der Waals surface area contributed by atoms with Crippen LogP contribution in [0.1, 0.15) is 18.5 Å². The third kappa shape index (κ3) is 2.92. The van der Waals surface area contributed by atoms with Crippen LogP contribution in [0.3, 0.4) is 0 Å². The molecule has 1 aliphatic heterocycles. The van der Waals surface area contributed by atoms with Crippen molar-refractivity contribution in [2.75, 3.05) is 23.3 Å². The average molecular weight is 310 g/mol. The molecule has 1 saturated heterocycles. The molecule has 0 amide bonds. The maximum absolute atomic E-state index is 4.60. The topological polar surface area (TPSA) is 84.1 Å². The molecule has 0 atom stereocenters. The van der Waals surface area contributed by atoms with Crippen LogP contribution in [0.4, 0.5) is 11.6 Å². The summed E-state index contributed by atoms with van der Waals surface area (Å²) in [6, 6.07) is 10.3. The van der Waals surface area contributed by atoms with Gasteiger partial charge in [-0.25, -0.2) is 4.98 Å². The SMILES string of the molecule is Cc1cccc(N2CCC(Nc3ccc4nnnn4n3)CC2)n1. The van der Waals surface area contributed by atoms with E-state index in [2.05, 4.69) is 48.0 Å². The highest BCUT2D eigenvalue weighted by atomic mass is 15.6. The van der Waals surface area contributed by atoms with Gasteiger partial charge in [-0.2, -0.15) is 0 Å². The van der Waals surface area contributed by atoms with Gasteiger partial charge in [0.1, 0.15) is 11.6 Å². The van der Waals surface area contributed by atoms with Crippen LogP contribution in [-0.4, -0.2) is 49.4 Å².